The Morgan fingerprint density at radius 1 is 1.24 bits per heavy atom. The number of amides is 1. The van der Waals surface area contributed by atoms with E-state index in [0.29, 0.717) is 34.7 Å². The summed E-state index contributed by atoms with van der Waals surface area (Å²) >= 11 is 11.9. The number of guanidine groups is 1. The van der Waals surface area contributed by atoms with Gasteiger partial charge in [-0.15, -0.1) is 0 Å². The zero-order valence-corrected chi connectivity index (χ0v) is 16.5. The van der Waals surface area contributed by atoms with E-state index in [1.165, 1.54) is 0 Å². The van der Waals surface area contributed by atoms with Gasteiger partial charge in [0.2, 0.25) is 5.91 Å². The second-order valence-electron chi connectivity index (χ2n) is 6.26. The first-order valence-electron chi connectivity index (χ1n) is 8.08. The summed E-state index contributed by atoms with van der Waals surface area (Å²) in [5.74, 6) is 0.437. The van der Waals surface area contributed by atoms with Crippen molar-refractivity contribution in [2.75, 3.05) is 26.7 Å². The van der Waals surface area contributed by atoms with E-state index in [-0.39, 0.29) is 12.5 Å². The largest absolute Gasteiger partial charge is 0.387 e. The number of nitrogens with zero attached hydrogens (tertiary/aromatic N) is 1. The minimum atomic E-state index is -0.799. The molecule has 25 heavy (non-hydrogen) atoms. The van der Waals surface area contributed by atoms with E-state index in [1.54, 1.807) is 25.2 Å². The van der Waals surface area contributed by atoms with Crippen LogP contribution in [0.3, 0.4) is 0 Å². The summed E-state index contributed by atoms with van der Waals surface area (Å²) in [6.45, 7) is 6.77. The number of nitrogens with one attached hydrogen (secondary N) is 3. The highest BCUT2D eigenvalue weighted by Gasteiger charge is 2.26. The number of aliphatic hydroxyl groups excluding tert-OH is 1. The summed E-state index contributed by atoms with van der Waals surface area (Å²) < 4.78 is 0. The number of carbonyl (C=O) groups excluding carboxylic acids is 1. The van der Waals surface area contributed by atoms with Crippen molar-refractivity contribution in [1.82, 2.24) is 16.0 Å². The van der Waals surface area contributed by atoms with Gasteiger partial charge in [0.15, 0.2) is 5.96 Å². The van der Waals surface area contributed by atoms with Crippen molar-refractivity contribution in [2.45, 2.75) is 26.9 Å². The van der Waals surface area contributed by atoms with Crippen LogP contribution in [0.15, 0.2) is 23.2 Å². The minimum Gasteiger partial charge on any atom is -0.387 e. The lowest BCUT2D eigenvalue weighted by Crippen LogP contribution is -2.42. The molecule has 0 aliphatic heterocycles. The number of benzene rings is 1. The van der Waals surface area contributed by atoms with E-state index in [0.717, 1.165) is 0 Å². The van der Waals surface area contributed by atoms with Crippen molar-refractivity contribution in [3.05, 3.63) is 33.8 Å². The Labute approximate surface area is 159 Å². The van der Waals surface area contributed by atoms with Crippen molar-refractivity contribution >= 4 is 35.1 Å². The predicted octanol–water partition coefficient (Wildman–Crippen LogP) is 2.35. The fraction of sp³-hybridized carbons (Fsp3) is 0.529. The van der Waals surface area contributed by atoms with Crippen LogP contribution in [0.5, 0.6) is 0 Å². The molecule has 0 spiro atoms. The van der Waals surface area contributed by atoms with Gasteiger partial charge < -0.3 is 21.1 Å². The molecule has 0 heterocycles. The Bertz CT molecular complexity index is 600. The van der Waals surface area contributed by atoms with Crippen LogP contribution in [0.1, 0.15) is 32.4 Å². The zero-order valence-electron chi connectivity index (χ0n) is 15.0. The van der Waals surface area contributed by atoms with Gasteiger partial charge in [-0.2, -0.15) is 0 Å². The van der Waals surface area contributed by atoms with Gasteiger partial charge in [-0.3, -0.25) is 9.79 Å². The first kappa shape index (κ1) is 21.5. The number of halogens is 2. The van der Waals surface area contributed by atoms with E-state index < -0.39 is 11.5 Å². The van der Waals surface area contributed by atoms with E-state index >= 15 is 0 Å². The Kier molecular flexibility index (Phi) is 8.48. The fourth-order valence-electron chi connectivity index (χ4n) is 2.11. The van der Waals surface area contributed by atoms with Crippen LogP contribution < -0.4 is 16.0 Å². The second-order valence-corrected chi connectivity index (χ2v) is 7.13. The van der Waals surface area contributed by atoms with Gasteiger partial charge in [0.1, 0.15) is 0 Å². The molecule has 1 rings (SSSR count). The normalized spacial score (nSPS) is 13.3. The third-order valence-electron chi connectivity index (χ3n) is 3.55. The van der Waals surface area contributed by atoms with Gasteiger partial charge in [0.25, 0.3) is 0 Å². The molecule has 1 amide bonds. The van der Waals surface area contributed by atoms with Gasteiger partial charge >= 0.3 is 0 Å². The molecule has 0 fully saturated rings. The highest BCUT2D eigenvalue weighted by molar-refractivity contribution is 6.34. The summed E-state index contributed by atoms with van der Waals surface area (Å²) in [5.41, 5.74) is -0.0116. The highest BCUT2D eigenvalue weighted by atomic mass is 35.5. The number of aliphatic imine (C=N–C) groups is 1. The molecule has 4 N–H and O–H groups in total. The predicted molar refractivity (Wildman–Crippen MR) is 103 cm³/mol. The summed E-state index contributed by atoms with van der Waals surface area (Å²) in [7, 11) is 1.60. The number of aliphatic hydroxyl groups is 1. The maximum Gasteiger partial charge on any atom is 0.227 e. The van der Waals surface area contributed by atoms with Crippen molar-refractivity contribution in [2.24, 2.45) is 10.4 Å². The van der Waals surface area contributed by atoms with Crippen LogP contribution in [0, 0.1) is 5.41 Å². The van der Waals surface area contributed by atoms with Crippen molar-refractivity contribution in [3.8, 4) is 0 Å². The van der Waals surface area contributed by atoms with Crippen LogP contribution in [0.2, 0.25) is 10.0 Å². The van der Waals surface area contributed by atoms with Gasteiger partial charge in [-0.1, -0.05) is 23.2 Å². The first-order valence-corrected chi connectivity index (χ1v) is 8.83. The summed E-state index contributed by atoms with van der Waals surface area (Å²) in [6, 6.07) is 4.94. The van der Waals surface area contributed by atoms with Gasteiger partial charge in [0.05, 0.1) is 18.1 Å². The quantitative estimate of drug-likeness (QED) is 0.426. The van der Waals surface area contributed by atoms with Gasteiger partial charge in [-0.05, 0) is 44.5 Å². The molecule has 0 aliphatic rings. The summed E-state index contributed by atoms with van der Waals surface area (Å²) in [4.78, 5) is 16.3. The lowest BCUT2D eigenvalue weighted by molar-refractivity contribution is -0.128. The van der Waals surface area contributed by atoms with Crippen LogP contribution in [0.4, 0.5) is 0 Å². The fourth-order valence-corrected chi connectivity index (χ4v) is 2.65. The second kappa shape index (κ2) is 9.85. The Balaban J connectivity index is 2.74. The Morgan fingerprint density at radius 2 is 1.84 bits per heavy atom. The number of carbonyl (C=O) groups is 1. The standard InChI is InChI=1S/C17H26Cl2N4O2/c1-5-21-16(23-10-17(2,3)15(25)20-4)22-9-14(24)11-6-12(18)8-13(19)7-11/h6-8,14,24H,5,9-10H2,1-4H3,(H,20,25)(H2,21,22,23). The highest BCUT2D eigenvalue weighted by Crippen LogP contribution is 2.23. The maximum absolute atomic E-state index is 11.8. The molecular formula is C17H26Cl2N4O2. The molecule has 0 aliphatic carbocycles. The van der Waals surface area contributed by atoms with Crippen LogP contribution in [-0.2, 0) is 4.79 Å². The third kappa shape index (κ3) is 7.10. The maximum atomic E-state index is 11.8. The number of rotatable bonds is 7. The molecule has 6 nitrogen and oxygen atoms in total. The van der Waals surface area contributed by atoms with Crippen molar-refractivity contribution in [3.63, 3.8) is 0 Å². The SMILES string of the molecule is CCNC(=NCC(C)(C)C(=O)NC)NCC(O)c1cc(Cl)cc(Cl)c1. The first-order chi connectivity index (χ1) is 11.7. The molecule has 0 saturated heterocycles. The topological polar surface area (TPSA) is 85.8 Å². The van der Waals surface area contributed by atoms with Gasteiger partial charge in [-0.25, -0.2) is 0 Å². The van der Waals surface area contributed by atoms with E-state index in [4.69, 9.17) is 23.2 Å². The van der Waals surface area contributed by atoms with Crippen LogP contribution in [-0.4, -0.2) is 43.7 Å². The molecule has 0 saturated carbocycles. The molecular weight excluding hydrogens is 363 g/mol. The molecule has 0 aromatic heterocycles. The van der Waals surface area contributed by atoms with Gasteiger partial charge in [0, 0.05) is 30.2 Å². The Hall–Kier alpha value is -1.50. The third-order valence-corrected chi connectivity index (χ3v) is 3.99. The average molecular weight is 389 g/mol. The number of hydrogen-bond acceptors (Lipinski definition) is 3. The Morgan fingerprint density at radius 3 is 2.36 bits per heavy atom. The molecule has 0 bridgehead atoms. The molecule has 0 radical (unpaired) electrons. The molecule has 1 aromatic rings. The molecule has 140 valence electrons. The monoisotopic (exact) mass is 388 g/mol. The van der Waals surface area contributed by atoms with Crippen LogP contribution >= 0.6 is 23.2 Å². The smallest absolute Gasteiger partial charge is 0.227 e. The van der Waals surface area contributed by atoms with Crippen molar-refractivity contribution in [1.29, 1.82) is 0 Å². The van der Waals surface area contributed by atoms with E-state index in [2.05, 4.69) is 20.9 Å². The van der Waals surface area contributed by atoms with Crippen molar-refractivity contribution < 1.29 is 9.90 Å². The molecule has 1 unspecified atom stereocenters. The molecule has 1 atom stereocenters. The molecule has 1 aromatic carbocycles. The zero-order chi connectivity index (χ0) is 19.0. The van der Waals surface area contributed by atoms with E-state index in [9.17, 15) is 9.90 Å². The summed E-state index contributed by atoms with van der Waals surface area (Å²) in [5, 5.41) is 20.0. The lowest BCUT2D eigenvalue weighted by Gasteiger charge is -2.21. The molecule has 8 heteroatoms. The van der Waals surface area contributed by atoms with Crippen LogP contribution in [0.25, 0.3) is 0 Å². The summed E-state index contributed by atoms with van der Waals surface area (Å²) in [6.07, 6.45) is -0.799. The van der Waals surface area contributed by atoms with E-state index in [1.807, 2.05) is 20.8 Å². The average Bonchev–Trinajstić information content (AvgIpc) is 2.55. The minimum absolute atomic E-state index is 0.0827. The lowest BCUT2D eigenvalue weighted by atomic mass is 9.93. The number of hydrogen-bond donors (Lipinski definition) is 4.